The van der Waals surface area contributed by atoms with Crippen molar-refractivity contribution < 1.29 is 18.0 Å². The van der Waals surface area contributed by atoms with Gasteiger partial charge in [-0.3, -0.25) is 13.9 Å². The molecule has 6 nitrogen and oxygen atoms in total. The van der Waals surface area contributed by atoms with E-state index in [1.807, 2.05) is 13.0 Å². The van der Waals surface area contributed by atoms with Crippen LogP contribution in [0.15, 0.2) is 47.4 Å². The molecule has 0 fully saturated rings. The number of sulfonamides is 1. The molecular formula is C18H19ClN2O4S. The standard InChI is InChI=1S/C18H19ClN2O4S/c1-12-4-5-13(2)17(10-12)21(11-18(19)23)26(24,25)16-8-6-15(7-9-16)20-14(3)22/h4-10H,11H2,1-3H3,(H,20,22). The first kappa shape index (κ1) is 19.9. The first-order valence-electron chi connectivity index (χ1n) is 7.77. The van der Waals surface area contributed by atoms with Crippen LogP contribution in [-0.4, -0.2) is 26.1 Å². The van der Waals surface area contributed by atoms with Gasteiger partial charge in [-0.05, 0) is 66.9 Å². The highest BCUT2D eigenvalue weighted by Crippen LogP contribution is 2.28. The monoisotopic (exact) mass is 394 g/mol. The van der Waals surface area contributed by atoms with E-state index in [-0.39, 0.29) is 10.8 Å². The van der Waals surface area contributed by atoms with E-state index < -0.39 is 21.8 Å². The van der Waals surface area contributed by atoms with Crippen molar-refractivity contribution in [2.45, 2.75) is 25.7 Å². The number of rotatable bonds is 6. The molecule has 8 heteroatoms. The number of nitrogens with one attached hydrogen (secondary N) is 1. The summed E-state index contributed by atoms with van der Waals surface area (Å²) in [6.07, 6.45) is 0. The number of carbonyl (C=O) groups excluding carboxylic acids is 2. The molecular weight excluding hydrogens is 376 g/mol. The summed E-state index contributed by atoms with van der Waals surface area (Å²) in [5.41, 5.74) is 2.42. The lowest BCUT2D eigenvalue weighted by molar-refractivity contribution is -0.114. The summed E-state index contributed by atoms with van der Waals surface area (Å²) < 4.78 is 27.2. The molecule has 0 aliphatic carbocycles. The molecule has 138 valence electrons. The number of hydrogen-bond donors (Lipinski definition) is 1. The number of benzene rings is 2. The highest BCUT2D eigenvalue weighted by atomic mass is 35.5. The summed E-state index contributed by atoms with van der Waals surface area (Å²) in [6.45, 7) is 4.47. The van der Waals surface area contributed by atoms with Gasteiger partial charge in [-0.15, -0.1) is 0 Å². The maximum absolute atomic E-state index is 13.1. The maximum Gasteiger partial charge on any atom is 0.264 e. The molecule has 0 atom stereocenters. The van der Waals surface area contributed by atoms with E-state index in [2.05, 4.69) is 5.32 Å². The Morgan fingerprint density at radius 3 is 2.23 bits per heavy atom. The molecule has 26 heavy (non-hydrogen) atoms. The Labute approximate surface area is 157 Å². The number of halogens is 1. The lowest BCUT2D eigenvalue weighted by Gasteiger charge is -2.25. The maximum atomic E-state index is 13.1. The summed E-state index contributed by atoms with van der Waals surface area (Å²) in [5.74, 6) is -0.259. The van der Waals surface area contributed by atoms with Gasteiger partial charge in [0.25, 0.3) is 10.0 Å². The summed E-state index contributed by atoms with van der Waals surface area (Å²) >= 11 is 5.50. The third-order valence-corrected chi connectivity index (χ3v) is 5.56. The van der Waals surface area contributed by atoms with Crippen LogP contribution in [0.5, 0.6) is 0 Å². The van der Waals surface area contributed by atoms with Gasteiger partial charge in [0.1, 0.15) is 6.54 Å². The minimum atomic E-state index is -4.02. The minimum absolute atomic E-state index is 0.00887. The molecule has 0 unspecified atom stereocenters. The molecule has 0 bridgehead atoms. The summed E-state index contributed by atoms with van der Waals surface area (Å²) in [5, 5.41) is 1.78. The SMILES string of the molecule is CC(=O)Nc1ccc(S(=O)(=O)N(CC(=O)Cl)c2cc(C)ccc2C)cc1. The van der Waals surface area contributed by atoms with Crippen molar-refractivity contribution in [1.82, 2.24) is 0 Å². The molecule has 1 amide bonds. The second kappa shape index (κ2) is 7.88. The number of aryl methyl sites for hydroxylation is 2. The van der Waals surface area contributed by atoms with Gasteiger partial charge >= 0.3 is 0 Å². The fourth-order valence-electron chi connectivity index (χ4n) is 2.44. The number of nitrogens with zero attached hydrogens (tertiary/aromatic N) is 1. The van der Waals surface area contributed by atoms with Crippen molar-refractivity contribution in [2.75, 3.05) is 16.2 Å². The second-order valence-electron chi connectivity index (χ2n) is 5.86. The Kier molecular flexibility index (Phi) is 6.05. The third kappa shape index (κ3) is 4.62. The summed E-state index contributed by atoms with van der Waals surface area (Å²) in [7, 11) is -4.02. The van der Waals surface area contributed by atoms with E-state index in [0.717, 1.165) is 9.87 Å². The average molecular weight is 395 g/mol. The Morgan fingerprint density at radius 1 is 1.08 bits per heavy atom. The molecule has 2 rings (SSSR count). The zero-order valence-electron chi connectivity index (χ0n) is 14.6. The van der Waals surface area contributed by atoms with Crippen LogP contribution < -0.4 is 9.62 Å². The van der Waals surface area contributed by atoms with E-state index in [1.54, 1.807) is 19.1 Å². The molecule has 0 saturated carbocycles. The van der Waals surface area contributed by atoms with E-state index in [4.69, 9.17) is 11.6 Å². The van der Waals surface area contributed by atoms with Gasteiger partial charge in [-0.25, -0.2) is 8.42 Å². The average Bonchev–Trinajstić information content (AvgIpc) is 2.55. The lowest BCUT2D eigenvalue weighted by Crippen LogP contribution is -2.35. The van der Waals surface area contributed by atoms with Crippen LogP contribution >= 0.6 is 11.6 Å². The first-order valence-corrected chi connectivity index (χ1v) is 9.59. The molecule has 2 aromatic carbocycles. The number of amides is 1. The Bertz CT molecular complexity index is 940. The largest absolute Gasteiger partial charge is 0.326 e. The highest BCUT2D eigenvalue weighted by molar-refractivity contribution is 7.92. The third-order valence-electron chi connectivity index (χ3n) is 3.66. The van der Waals surface area contributed by atoms with Crippen molar-refractivity contribution in [3.05, 3.63) is 53.6 Å². The van der Waals surface area contributed by atoms with Crippen molar-refractivity contribution in [1.29, 1.82) is 0 Å². The first-order chi connectivity index (χ1) is 12.1. The zero-order chi connectivity index (χ0) is 19.5. The van der Waals surface area contributed by atoms with Gasteiger partial charge < -0.3 is 5.32 Å². The molecule has 0 heterocycles. The Balaban J connectivity index is 2.50. The normalized spacial score (nSPS) is 11.1. The number of anilines is 2. The van der Waals surface area contributed by atoms with Crippen LogP contribution in [0.2, 0.25) is 0 Å². The molecule has 0 saturated heterocycles. The minimum Gasteiger partial charge on any atom is -0.326 e. The van der Waals surface area contributed by atoms with Crippen molar-refractivity contribution in [3.63, 3.8) is 0 Å². The predicted octanol–water partition coefficient (Wildman–Crippen LogP) is 3.22. The van der Waals surface area contributed by atoms with Crippen molar-refractivity contribution in [3.8, 4) is 0 Å². The van der Waals surface area contributed by atoms with Gasteiger partial charge in [-0.2, -0.15) is 0 Å². The summed E-state index contributed by atoms with van der Waals surface area (Å²) in [4.78, 5) is 22.6. The van der Waals surface area contributed by atoms with Crippen LogP contribution in [0.3, 0.4) is 0 Å². The van der Waals surface area contributed by atoms with E-state index in [0.29, 0.717) is 16.9 Å². The second-order valence-corrected chi connectivity index (χ2v) is 8.15. The Morgan fingerprint density at radius 2 is 1.69 bits per heavy atom. The van der Waals surface area contributed by atoms with Crippen molar-refractivity contribution in [2.24, 2.45) is 0 Å². The van der Waals surface area contributed by atoms with E-state index in [9.17, 15) is 18.0 Å². The quantitative estimate of drug-likeness (QED) is 0.762. The molecule has 1 N–H and O–H groups in total. The Hall–Kier alpha value is -2.38. The van der Waals surface area contributed by atoms with Crippen LogP contribution in [0, 0.1) is 13.8 Å². The molecule has 0 radical (unpaired) electrons. The molecule has 0 aromatic heterocycles. The van der Waals surface area contributed by atoms with Gasteiger partial charge in [0.15, 0.2) is 0 Å². The number of hydrogen-bond acceptors (Lipinski definition) is 4. The fourth-order valence-corrected chi connectivity index (χ4v) is 4.11. The van der Waals surface area contributed by atoms with Crippen LogP contribution in [0.4, 0.5) is 11.4 Å². The fraction of sp³-hybridized carbons (Fsp3) is 0.222. The molecule has 0 aliphatic heterocycles. The van der Waals surface area contributed by atoms with Gasteiger partial charge in [0, 0.05) is 12.6 Å². The van der Waals surface area contributed by atoms with Gasteiger partial charge in [-0.1, -0.05) is 12.1 Å². The predicted molar refractivity (Wildman–Crippen MR) is 102 cm³/mol. The van der Waals surface area contributed by atoms with Crippen molar-refractivity contribution >= 4 is 44.1 Å². The highest BCUT2D eigenvalue weighted by Gasteiger charge is 2.28. The topological polar surface area (TPSA) is 83.6 Å². The molecule has 0 aliphatic rings. The van der Waals surface area contributed by atoms with Gasteiger partial charge in [0.2, 0.25) is 11.1 Å². The van der Waals surface area contributed by atoms with Crippen LogP contribution in [0.25, 0.3) is 0 Å². The zero-order valence-corrected chi connectivity index (χ0v) is 16.2. The molecule has 0 spiro atoms. The van der Waals surface area contributed by atoms with E-state index >= 15 is 0 Å². The summed E-state index contributed by atoms with van der Waals surface area (Å²) in [6, 6.07) is 11.0. The lowest BCUT2D eigenvalue weighted by atomic mass is 10.1. The van der Waals surface area contributed by atoms with Crippen LogP contribution in [-0.2, 0) is 19.6 Å². The molecule has 2 aromatic rings. The van der Waals surface area contributed by atoms with Gasteiger partial charge in [0.05, 0.1) is 10.6 Å². The van der Waals surface area contributed by atoms with Crippen LogP contribution in [0.1, 0.15) is 18.1 Å². The van der Waals surface area contributed by atoms with E-state index in [1.165, 1.54) is 31.2 Å². The smallest absolute Gasteiger partial charge is 0.264 e. The number of carbonyl (C=O) groups is 2.